The number of aliphatic hydroxyl groups is 1. The Hall–Kier alpha value is -0.950. The second-order valence-electron chi connectivity index (χ2n) is 4.91. The summed E-state index contributed by atoms with van der Waals surface area (Å²) in [5.74, 6) is -0.0853. The quantitative estimate of drug-likeness (QED) is 0.813. The minimum Gasteiger partial charge on any atom is -0.390 e. The summed E-state index contributed by atoms with van der Waals surface area (Å²) in [5, 5.41) is 14.7. The maximum absolute atomic E-state index is 12.0. The van der Waals surface area contributed by atoms with Crippen molar-refractivity contribution in [1.82, 2.24) is 10.2 Å². The molecule has 5 nitrogen and oxygen atoms in total. The normalized spacial score (nSPS) is 17.9. The van der Waals surface area contributed by atoms with E-state index in [4.69, 9.17) is 4.74 Å². The van der Waals surface area contributed by atoms with Gasteiger partial charge in [0.2, 0.25) is 0 Å². The van der Waals surface area contributed by atoms with Gasteiger partial charge in [0.1, 0.15) is 0 Å². The van der Waals surface area contributed by atoms with Crippen molar-refractivity contribution in [3.05, 3.63) is 21.9 Å². The van der Waals surface area contributed by atoms with Crippen LogP contribution in [0.1, 0.15) is 22.2 Å². The number of hydrogen-bond acceptors (Lipinski definition) is 5. The van der Waals surface area contributed by atoms with Crippen molar-refractivity contribution in [3.63, 3.8) is 0 Å². The molecule has 0 radical (unpaired) electrons. The lowest BCUT2D eigenvalue weighted by atomic mass is 10.2. The van der Waals surface area contributed by atoms with Crippen molar-refractivity contribution in [3.8, 4) is 0 Å². The third-order valence-corrected chi connectivity index (χ3v) is 4.36. The molecule has 1 atom stereocenters. The van der Waals surface area contributed by atoms with Crippen LogP contribution in [0.3, 0.4) is 0 Å². The van der Waals surface area contributed by atoms with Crippen molar-refractivity contribution in [2.24, 2.45) is 0 Å². The van der Waals surface area contributed by atoms with Crippen LogP contribution in [0.25, 0.3) is 0 Å². The number of aryl methyl sites for hydroxylation is 1. The fourth-order valence-electron chi connectivity index (χ4n) is 2.25. The summed E-state index contributed by atoms with van der Waals surface area (Å²) >= 11 is 1.45. The fourth-order valence-corrected chi connectivity index (χ4v) is 3.16. The Morgan fingerprint density at radius 3 is 3.00 bits per heavy atom. The first-order chi connectivity index (χ1) is 9.70. The van der Waals surface area contributed by atoms with E-state index in [2.05, 4.69) is 10.2 Å². The first-order valence-corrected chi connectivity index (χ1v) is 7.91. The van der Waals surface area contributed by atoms with Gasteiger partial charge in [-0.2, -0.15) is 0 Å². The maximum Gasteiger partial charge on any atom is 0.261 e. The molecule has 112 valence electrons. The number of carbonyl (C=O) groups is 1. The van der Waals surface area contributed by atoms with Crippen molar-refractivity contribution in [2.75, 3.05) is 39.4 Å². The number of nitrogens with one attached hydrogen (secondary N) is 1. The molecule has 1 fully saturated rings. The van der Waals surface area contributed by atoms with Gasteiger partial charge in [-0.3, -0.25) is 9.69 Å². The van der Waals surface area contributed by atoms with Crippen molar-refractivity contribution in [2.45, 2.75) is 19.4 Å². The summed E-state index contributed by atoms with van der Waals surface area (Å²) in [7, 11) is 0. The van der Waals surface area contributed by atoms with Gasteiger partial charge < -0.3 is 15.2 Å². The number of morpholine rings is 1. The number of ether oxygens (including phenoxy) is 1. The maximum atomic E-state index is 12.0. The lowest BCUT2D eigenvalue weighted by molar-refractivity contribution is 0.0149. The predicted octanol–water partition coefficient (Wildman–Crippen LogP) is 0.733. The molecule has 2 heterocycles. The lowest BCUT2D eigenvalue weighted by Gasteiger charge is -2.28. The number of β-amino-alcohol motifs (C(OH)–C–C–N with tert-alkyl or cyclic N) is 1. The highest BCUT2D eigenvalue weighted by molar-refractivity contribution is 7.12. The Balaban J connectivity index is 1.75. The van der Waals surface area contributed by atoms with Crippen LogP contribution >= 0.6 is 11.3 Å². The molecule has 0 bridgehead atoms. The van der Waals surface area contributed by atoms with Gasteiger partial charge in [0, 0.05) is 26.2 Å². The SMILES string of the molecule is CCc1ccsc1C(=O)NCC(O)CN1CCOCC1. The summed E-state index contributed by atoms with van der Waals surface area (Å²) in [6.45, 7) is 6.02. The number of aliphatic hydroxyl groups excluding tert-OH is 1. The zero-order valence-electron chi connectivity index (χ0n) is 11.8. The molecule has 0 aliphatic carbocycles. The van der Waals surface area contributed by atoms with Crippen molar-refractivity contribution >= 4 is 17.2 Å². The van der Waals surface area contributed by atoms with Gasteiger partial charge in [0.15, 0.2) is 0 Å². The summed E-state index contributed by atoms with van der Waals surface area (Å²) in [4.78, 5) is 14.9. The average molecular weight is 298 g/mol. The van der Waals surface area contributed by atoms with Gasteiger partial charge in [-0.1, -0.05) is 6.92 Å². The number of carbonyl (C=O) groups excluding carboxylic acids is 1. The molecule has 20 heavy (non-hydrogen) atoms. The van der Waals surface area contributed by atoms with Gasteiger partial charge in [-0.25, -0.2) is 0 Å². The van der Waals surface area contributed by atoms with Crippen molar-refractivity contribution in [1.29, 1.82) is 0 Å². The van der Waals surface area contributed by atoms with E-state index in [1.165, 1.54) is 11.3 Å². The molecule has 1 saturated heterocycles. The zero-order valence-corrected chi connectivity index (χ0v) is 12.6. The minimum absolute atomic E-state index is 0.0853. The van der Waals surface area contributed by atoms with Crippen molar-refractivity contribution < 1.29 is 14.6 Å². The summed E-state index contributed by atoms with van der Waals surface area (Å²) in [6.07, 6.45) is 0.310. The summed E-state index contributed by atoms with van der Waals surface area (Å²) in [6, 6.07) is 1.98. The molecular weight excluding hydrogens is 276 g/mol. The average Bonchev–Trinajstić information content (AvgIpc) is 2.94. The van der Waals surface area contributed by atoms with E-state index in [0.717, 1.165) is 30.0 Å². The largest absolute Gasteiger partial charge is 0.390 e. The van der Waals surface area contributed by atoms with Crippen LogP contribution in [0, 0.1) is 0 Å². The predicted molar refractivity (Wildman–Crippen MR) is 79.3 cm³/mol. The molecule has 1 aromatic heterocycles. The Bertz CT molecular complexity index is 430. The zero-order chi connectivity index (χ0) is 14.4. The van der Waals surface area contributed by atoms with E-state index in [9.17, 15) is 9.90 Å². The van der Waals surface area contributed by atoms with Gasteiger partial charge in [0.05, 0.1) is 24.2 Å². The summed E-state index contributed by atoms with van der Waals surface area (Å²) in [5.41, 5.74) is 1.06. The first-order valence-electron chi connectivity index (χ1n) is 7.03. The van der Waals surface area contributed by atoms with Crippen LogP contribution in [-0.2, 0) is 11.2 Å². The van der Waals surface area contributed by atoms with Crippen LogP contribution in [-0.4, -0.2) is 61.4 Å². The minimum atomic E-state index is -0.540. The van der Waals surface area contributed by atoms with E-state index < -0.39 is 6.10 Å². The van der Waals surface area contributed by atoms with Crippen LogP contribution in [0.4, 0.5) is 0 Å². The molecule has 0 spiro atoms. The number of nitrogens with zero attached hydrogens (tertiary/aromatic N) is 1. The van der Waals surface area contributed by atoms with Crippen LogP contribution in [0.15, 0.2) is 11.4 Å². The molecule has 2 N–H and O–H groups in total. The molecule has 1 aliphatic heterocycles. The van der Waals surface area contributed by atoms with Gasteiger partial charge in [-0.05, 0) is 23.4 Å². The number of rotatable bonds is 6. The molecule has 6 heteroatoms. The topological polar surface area (TPSA) is 61.8 Å². The Labute approximate surface area is 123 Å². The van der Waals surface area contributed by atoms with E-state index >= 15 is 0 Å². The molecule has 0 saturated carbocycles. The third-order valence-electron chi connectivity index (χ3n) is 3.40. The number of hydrogen-bond donors (Lipinski definition) is 2. The highest BCUT2D eigenvalue weighted by atomic mass is 32.1. The second kappa shape index (κ2) is 7.73. The molecule has 1 aromatic rings. The highest BCUT2D eigenvalue weighted by Crippen LogP contribution is 2.16. The van der Waals surface area contributed by atoms with Gasteiger partial charge >= 0.3 is 0 Å². The monoisotopic (exact) mass is 298 g/mol. The highest BCUT2D eigenvalue weighted by Gasteiger charge is 2.17. The standard InChI is InChI=1S/C14H22N2O3S/c1-2-11-3-8-20-13(11)14(18)15-9-12(17)10-16-4-6-19-7-5-16/h3,8,12,17H,2,4-7,9-10H2,1H3,(H,15,18). The number of thiophene rings is 1. The van der Waals surface area contributed by atoms with E-state index in [1.807, 2.05) is 18.4 Å². The van der Waals surface area contributed by atoms with E-state index in [-0.39, 0.29) is 12.5 Å². The lowest BCUT2D eigenvalue weighted by Crippen LogP contribution is -2.44. The number of amides is 1. The van der Waals surface area contributed by atoms with Crippen LogP contribution < -0.4 is 5.32 Å². The molecule has 1 unspecified atom stereocenters. The summed E-state index contributed by atoms with van der Waals surface area (Å²) < 4.78 is 5.26. The Kier molecular flexibility index (Phi) is 5.97. The molecule has 0 aromatic carbocycles. The Morgan fingerprint density at radius 1 is 1.55 bits per heavy atom. The van der Waals surface area contributed by atoms with Gasteiger partial charge in [-0.15, -0.1) is 11.3 Å². The molecule has 1 aliphatic rings. The van der Waals surface area contributed by atoms with E-state index in [1.54, 1.807) is 0 Å². The van der Waals surface area contributed by atoms with E-state index in [0.29, 0.717) is 19.8 Å². The third kappa shape index (κ3) is 4.28. The van der Waals surface area contributed by atoms with Gasteiger partial charge in [0.25, 0.3) is 5.91 Å². The molecule has 2 rings (SSSR count). The second-order valence-corrected chi connectivity index (χ2v) is 5.82. The first kappa shape index (κ1) is 15.4. The fraction of sp³-hybridized carbons (Fsp3) is 0.643. The van der Waals surface area contributed by atoms with Crippen LogP contribution in [0.2, 0.25) is 0 Å². The Morgan fingerprint density at radius 2 is 2.30 bits per heavy atom. The molecular formula is C14H22N2O3S. The molecule has 1 amide bonds. The van der Waals surface area contributed by atoms with Crippen LogP contribution in [0.5, 0.6) is 0 Å². The smallest absolute Gasteiger partial charge is 0.261 e.